The molecule has 3 aromatic rings. The second kappa shape index (κ2) is 7.76. The maximum Gasteiger partial charge on any atom is 0.243 e. The van der Waals surface area contributed by atoms with E-state index in [-0.39, 0.29) is 13.1 Å². The Morgan fingerprint density at radius 3 is 2.70 bits per heavy atom. The number of benzene rings is 1. The molecular formula is C16H16F2N6O2S. The van der Waals surface area contributed by atoms with Crippen molar-refractivity contribution in [1.29, 1.82) is 0 Å². The van der Waals surface area contributed by atoms with E-state index >= 15 is 0 Å². The lowest BCUT2D eigenvalue weighted by Crippen LogP contribution is -2.29. The summed E-state index contributed by atoms with van der Waals surface area (Å²) in [7, 11) is -4.17. The molecular weight excluding hydrogens is 378 g/mol. The second-order valence-electron chi connectivity index (χ2n) is 5.51. The zero-order valence-electron chi connectivity index (χ0n) is 14.2. The van der Waals surface area contributed by atoms with Crippen LogP contribution in [0.4, 0.5) is 14.6 Å². The molecule has 0 aliphatic rings. The number of halogens is 2. The molecule has 0 aliphatic heterocycles. The number of nitrogens with zero attached hydrogens (tertiary/aromatic N) is 4. The van der Waals surface area contributed by atoms with Gasteiger partial charge in [-0.1, -0.05) is 0 Å². The minimum absolute atomic E-state index is 0.0571. The fourth-order valence-corrected chi connectivity index (χ4v) is 3.42. The standard InChI is InChI=1S/C16H16F2N6O2S/c1-11-22-15(10-16(23-11)24-8-2-5-20-24)19-6-7-21-27(25,26)14-9-12(17)3-4-13(14)18/h2-5,8-10,21H,6-7H2,1H3,(H,19,22,23). The van der Waals surface area contributed by atoms with Crippen molar-refractivity contribution in [2.75, 3.05) is 18.4 Å². The fourth-order valence-electron chi connectivity index (χ4n) is 2.30. The molecule has 0 fully saturated rings. The van der Waals surface area contributed by atoms with Gasteiger partial charge in [0.05, 0.1) is 0 Å². The molecule has 0 aliphatic carbocycles. The predicted molar refractivity (Wildman–Crippen MR) is 93.9 cm³/mol. The normalized spacial score (nSPS) is 11.5. The van der Waals surface area contributed by atoms with Gasteiger partial charge in [-0.2, -0.15) is 5.10 Å². The van der Waals surface area contributed by atoms with Gasteiger partial charge in [-0.25, -0.2) is 36.6 Å². The first-order valence-corrected chi connectivity index (χ1v) is 9.38. The minimum atomic E-state index is -4.17. The molecule has 0 radical (unpaired) electrons. The van der Waals surface area contributed by atoms with Crippen molar-refractivity contribution in [2.45, 2.75) is 11.8 Å². The number of hydrogen-bond donors (Lipinski definition) is 2. The molecule has 0 unspecified atom stereocenters. The molecule has 2 heterocycles. The van der Waals surface area contributed by atoms with Crippen molar-refractivity contribution in [3.63, 3.8) is 0 Å². The van der Waals surface area contributed by atoms with Crippen LogP contribution in [0.3, 0.4) is 0 Å². The molecule has 2 N–H and O–H groups in total. The molecule has 0 saturated carbocycles. The lowest BCUT2D eigenvalue weighted by molar-refractivity contribution is 0.546. The van der Waals surface area contributed by atoms with E-state index in [1.807, 2.05) is 0 Å². The van der Waals surface area contributed by atoms with Gasteiger partial charge in [-0.15, -0.1) is 0 Å². The highest BCUT2D eigenvalue weighted by atomic mass is 32.2. The number of hydrogen-bond acceptors (Lipinski definition) is 6. The summed E-state index contributed by atoms with van der Waals surface area (Å²) in [6.45, 7) is 1.83. The van der Waals surface area contributed by atoms with Crippen molar-refractivity contribution in [3.05, 3.63) is 60.2 Å². The average molecular weight is 394 g/mol. The maximum absolute atomic E-state index is 13.6. The minimum Gasteiger partial charge on any atom is -0.369 e. The van der Waals surface area contributed by atoms with Crippen LogP contribution in [0.2, 0.25) is 0 Å². The summed E-state index contributed by atoms with van der Waals surface area (Å²) in [4.78, 5) is 7.74. The molecule has 0 spiro atoms. The van der Waals surface area contributed by atoms with Gasteiger partial charge in [0.25, 0.3) is 0 Å². The summed E-state index contributed by atoms with van der Waals surface area (Å²) in [5, 5.41) is 7.04. The molecule has 3 rings (SSSR count). The van der Waals surface area contributed by atoms with Crippen LogP contribution in [0.5, 0.6) is 0 Å². The van der Waals surface area contributed by atoms with Gasteiger partial charge in [0, 0.05) is 31.5 Å². The Morgan fingerprint density at radius 1 is 1.15 bits per heavy atom. The van der Waals surface area contributed by atoms with Gasteiger partial charge >= 0.3 is 0 Å². The van der Waals surface area contributed by atoms with Gasteiger partial charge in [0.1, 0.15) is 28.2 Å². The number of rotatable bonds is 7. The summed E-state index contributed by atoms with van der Waals surface area (Å²) in [5.41, 5.74) is 0. The summed E-state index contributed by atoms with van der Waals surface area (Å²) in [5.74, 6) is -0.320. The SMILES string of the molecule is Cc1nc(NCCNS(=O)(=O)c2cc(F)ccc2F)cc(-n2cccn2)n1. The molecule has 0 bridgehead atoms. The van der Waals surface area contributed by atoms with Crippen molar-refractivity contribution >= 4 is 15.8 Å². The van der Waals surface area contributed by atoms with Crippen molar-refractivity contribution in [2.24, 2.45) is 0 Å². The molecule has 27 heavy (non-hydrogen) atoms. The first-order chi connectivity index (χ1) is 12.8. The Morgan fingerprint density at radius 2 is 1.96 bits per heavy atom. The van der Waals surface area contributed by atoms with Gasteiger partial charge in [0.15, 0.2) is 5.82 Å². The summed E-state index contributed by atoms with van der Waals surface area (Å²) >= 11 is 0. The largest absolute Gasteiger partial charge is 0.369 e. The first kappa shape index (κ1) is 18.9. The number of nitrogens with one attached hydrogen (secondary N) is 2. The van der Waals surface area contributed by atoms with E-state index < -0.39 is 26.6 Å². The summed E-state index contributed by atoms with van der Waals surface area (Å²) in [6.07, 6.45) is 3.35. The van der Waals surface area contributed by atoms with E-state index in [9.17, 15) is 17.2 Å². The fraction of sp³-hybridized carbons (Fsp3) is 0.188. The zero-order valence-corrected chi connectivity index (χ0v) is 15.0. The maximum atomic E-state index is 13.6. The Kier molecular flexibility index (Phi) is 5.42. The van der Waals surface area contributed by atoms with Gasteiger partial charge in [-0.3, -0.25) is 0 Å². The van der Waals surface area contributed by atoms with Crippen molar-refractivity contribution < 1.29 is 17.2 Å². The van der Waals surface area contributed by atoms with Crippen LogP contribution >= 0.6 is 0 Å². The summed E-state index contributed by atoms with van der Waals surface area (Å²) in [6, 6.07) is 5.66. The second-order valence-corrected chi connectivity index (χ2v) is 7.24. The van der Waals surface area contributed by atoms with Gasteiger partial charge in [-0.05, 0) is 31.2 Å². The predicted octanol–water partition coefficient (Wildman–Crippen LogP) is 1.64. The Balaban J connectivity index is 1.63. The van der Waals surface area contributed by atoms with E-state index in [1.165, 1.54) is 0 Å². The Labute approximate surface area is 154 Å². The third-order valence-electron chi connectivity index (χ3n) is 3.47. The van der Waals surface area contributed by atoms with Gasteiger partial charge < -0.3 is 5.32 Å². The Bertz CT molecular complexity index is 1040. The topological polar surface area (TPSA) is 102 Å². The molecule has 11 heteroatoms. The van der Waals surface area contributed by atoms with Crippen molar-refractivity contribution in [3.8, 4) is 5.82 Å². The quantitative estimate of drug-likeness (QED) is 0.591. The van der Waals surface area contributed by atoms with E-state index in [0.29, 0.717) is 23.5 Å². The number of aromatic nitrogens is 4. The summed E-state index contributed by atoms with van der Waals surface area (Å²) < 4.78 is 54.8. The van der Waals surface area contributed by atoms with E-state index in [0.717, 1.165) is 12.1 Å². The van der Waals surface area contributed by atoms with Crippen LogP contribution < -0.4 is 10.0 Å². The van der Waals surface area contributed by atoms with Crippen LogP contribution in [0, 0.1) is 18.6 Å². The third-order valence-corrected chi connectivity index (χ3v) is 4.95. The molecule has 2 aromatic heterocycles. The smallest absolute Gasteiger partial charge is 0.243 e. The highest BCUT2D eigenvalue weighted by molar-refractivity contribution is 7.89. The lowest BCUT2D eigenvalue weighted by atomic mass is 10.3. The average Bonchev–Trinajstić information content (AvgIpc) is 3.15. The number of anilines is 1. The van der Waals surface area contributed by atoms with Crippen LogP contribution in [0.25, 0.3) is 5.82 Å². The van der Waals surface area contributed by atoms with E-state index in [2.05, 4.69) is 25.1 Å². The highest BCUT2D eigenvalue weighted by Gasteiger charge is 2.19. The molecule has 0 saturated heterocycles. The highest BCUT2D eigenvalue weighted by Crippen LogP contribution is 2.15. The first-order valence-electron chi connectivity index (χ1n) is 7.89. The number of aryl methyl sites for hydroxylation is 1. The molecule has 0 atom stereocenters. The van der Waals surface area contributed by atoms with E-state index in [4.69, 9.17) is 0 Å². The number of sulfonamides is 1. The molecule has 0 amide bonds. The van der Waals surface area contributed by atoms with Crippen LogP contribution in [-0.4, -0.2) is 41.3 Å². The molecule has 142 valence electrons. The monoisotopic (exact) mass is 394 g/mol. The Hall–Kier alpha value is -2.92. The van der Waals surface area contributed by atoms with Crippen LogP contribution in [0.1, 0.15) is 5.82 Å². The third kappa shape index (κ3) is 4.63. The van der Waals surface area contributed by atoms with E-state index in [1.54, 1.807) is 36.1 Å². The van der Waals surface area contributed by atoms with Gasteiger partial charge in [0.2, 0.25) is 10.0 Å². The zero-order chi connectivity index (χ0) is 19.4. The molecule has 8 nitrogen and oxygen atoms in total. The molecule has 1 aromatic carbocycles. The van der Waals surface area contributed by atoms with Crippen molar-refractivity contribution in [1.82, 2.24) is 24.5 Å². The van der Waals surface area contributed by atoms with Crippen LogP contribution in [0.15, 0.2) is 47.6 Å². The van der Waals surface area contributed by atoms with Crippen LogP contribution in [-0.2, 0) is 10.0 Å². The lowest BCUT2D eigenvalue weighted by Gasteiger charge is -2.10.